The Labute approximate surface area is 151 Å². The summed E-state index contributed by atoms with van der Waals surface area (Å²) in [6, 6.07) is 12.7. The van der Waals surface area contributed by atoms with Crippen LogP contribution in [0.25, 0.3) is 0 Å². The van der Waals surface area contributed by atoms with Crippen molar-refractivity contribution >= 4 is 11.9 Å². The first kappa shape index (κ1) is 16.4. The fourth-order valence-corrected chi connectivity index (χ4v) is 3.27. The van der Waals surface area contributed by atoms with Gasteiger partial charge in [0.1, 0.15) is 18.8 Å². The van der Waals surface area contributed by atoms with Crippen molar-refractivity contribution in [1.82, 2.24) is 10.2 Å². The smallest absolute Gasteiger partial charge is 0.325 e. The van der Waals surface area contributed by atoms with Gasteiger partial charge >= 0.3 is 6.03 Å². The van der Waals surface area contributed by atoms with Gasteiger partial charge in [-0.05, 0) is 37.1 Å². The van der Waals surface area contributed by atoms with E-state index in [0.29, 0.717) is 30.3 Å². The lowest BCUT2D eigenvalue weighted by Crippen LogP contribution is -2.41. The van der Waals surface area contributed by atoms with Gasteiger partial charge in [0.05, 0.1) is 6.54 Å². The van der Waals surface area contributed by atoms with Gasteiger partial charge in [0.25, 0.3) is 5.91 Å². The van der Waals surface area contributed by atoms with Crippen molar-refractivity contribution in [3.63, 3.8) is 0 Å². The molecule has 4 rings (SSSR count). The molecule has 6 nitrogen and oxygen atoms in total. The molecule has 1 fully saturated rings. The van der Waals surface area contributed by atoms with Gasteiger partial charge < -0.3 is 14.8 Å². The zero-order chi connectivity index (χ0) is 18.3. The molecule has 2 aromatic rings. The number of hydrogen-bond acceptors (Lipinski definition) is 4. The van der Waals surface area contributed by atoms with Gasteiger partial charge in [-0.15, -0.1) is 0 Å². The molecule has 0 radical (unpaired) electrons. The van der Waals surface area contributed by atoms with Crippen molar-refractivity contribution in [2.24, 2.45) is 0 Å². The molecular formula is C20H20N2O4. The summed E-state index contributed by atoms with van der Waals surface area (Å²) in [5.41, 5.74) is 1.58. The summed E-state index contributed by atoms with van der Waals surface area (Å²) in [6.45, 7) is 4.92. The SMILES string of the molecule is Cc1ccc(CN2C(=O)N[C@@](C)(c3ccc4c(c3)OCCO4)C2=O)cc1. The summed E-state index contributed by atoms with van der Waals surface area (Å²) in [6.07, 6.45) is 0. The van der Waals surface area contributed by atoms with E-state index in [-0.39, 0.29) is 12.5 Å². The van der Waals surface area contributed by atoms with Crippen LogP contribution >= 0.6 is 0 Å². The van der Waals surface area contributed by atoms with Crippen LogP contribution in [0.3, 0.4) is 0 Å². The second-order valence-electron chi connectivity index (χ2n) is 6.79. The lowest BCUT2D eigenvalue weighted by Gasteiger charge is -2.25. The zero-order valence-electron chi connectivity index (χ0n) is 14.7. The molecule has 2 aliphatic rings. The molecule has 2 aromatic carbocycles. The number of carbonyl (C=O) groups excluding carboxylic acids is 2. The summed E-state index contributed by atoms with van der Waals surface area (Å²) in [7, 11) is 0. The molecule has 26 heavy (non-hydrogen) atoms. The molecular weight excluding hydrogens is 332 g/mol. The van der Waals surface area contributed by atoms with Gasteiger partial charge in [-0.3, -0.25) is 9.69 Å². The quantitative estimate of drug-likeness (QED) is 0.863. The standard InChI is InChI=1S/C20H20N2O4/c1-13-3-5-14(6-4-13)12-22-18(23)20(2,21-19(22)24)15-7-8-16-17(11-15)26-10-9-25-16/h3-8,11H,9-10,12H2,1-2H3,(H,21,24)/t20-/m0/s1. The van der Waals surface area contributed by atoms with E-state index >= 15 is 0 Å². The second-order valence-corrected chi connectivity index (χ2v) is 6.79. The van der Waals surface area contributed by atoms with Crippen molar-refractivity contribution in [1.29, 1.82) is 0 Å². The van der Waals surface area contributed by atoms with Gasteiger partial charge in [-0.1, -0.05) is 35.9 Å². The number of rotatable bonds is 3. The molecule has 6 heteroatoms. The van der Waals surface area contributed by atoms with E-state index in [1.54, 1.807) is 25.1 Å². The number of aryl methyl sites for hydroxylation is 1. The molecule has 2 aliphatic heterocycles. The molecule has 2 heterocycles. The molecule has 1 N–H and O–H groups in total. The maximum absolute atomic E-state index is 13.0. The molecule has 3 amide bonds. The molecule has 0 saturated carbocycles. The highest BCUT2D eigenvalue weighted by atomic mass is 16.6. The Kier molecular flexibility index (Phi) is 3.83. The first-order valence-electron chi connectivity index (χ1n) is 8.57. The van der Waals surface area contributed by atoms with Crippen LogP contribution in [0.1, 0.15) is 23.6 Å². The van der Waals surface area contributed by atoms with Crippen LogP contribution in [0.5, 0.6) is 11.5 Å². The number of carbonyl (C=O) groups is 2. The molecule has 134 valence electrons. The van der Waals surface area contributed by atoms with Crippen molar-refractivity contribution in [3.05, 3.63) is 59.2 Å². The number of urea groups is 1. The van der Waals surface area contributed by atoms with Crippen molar-refractivity contribution in [3.8, 4) is 11.5 Å². The van der Waals surface area contributed by atoms with E-state index in [0.717, 1.165) is 11.1 Å². The average Bonchev–Trinajstić information content (AvgIpc) is 2.87. The Morgan fingerprint density at radius 1 is 1.04 bits per heavy atom. The number of benzene rings is 2. The third kappa shape index (κ3) is 2.67. The number of nitrogens with zero attached hydrogens (tertiary/aromatic N) is 1. The molecule has 1 atom stereocenters. The highest BCUT2D eigenvalue weighted by Gasteiger charge is 2.49. The number of fused-ring (bicyclic) bond motifs is 1. The maximum Gasteiger partial charge on any atom is 0.325 e. The van der Waals surface area contributed by atoms with Crippen LogP contribution in [0, 0.1) is 6.92 Å². The Bertz CT molecular complexity index is 878. The van der Waals surface area contributed by atoms with E-state index in [1.807, 2.05) is 31.2 Å². The Morgan fingerprint density at radius 2 is 1.73 bits per heavy atom. The summed E-state index contributed by atoms with van der Waals surface area (Å²) in [5.74, 6) is 0.964. The normalized spacial score (nSPS) is 21.7. The van der Waals surface area contributed by atoms with Gasteiger partial charge in [-0.2, -0.15) is 0 Å². The molecule has 0 unspecified atom stereocenters. The molecule has 0 bridgehead atoms. The third-order valence-electron chi connectivity index (χ3n) is 4.86. The number of amides is 3. The Hall–Kier alpha value is -3.02. The van der Waals surface area contributed by atoms with Crippen LogP contribution in [0.15, 0.2) is 42.5 Å². The predicted octanol–water partition coefficient (Wildman–Crippen LogP) is 2.73. The lowest BCUT2D eigenvalue weighted by atomic mass is 9.91. The summed E-state index contributed by atoms with van der Waals surface area (Å²) < 4.78 is 11.1. The lowest BCUT2D eigenvalue weighted by molar-refractivity contribution is -0.131. The van der Waals surface area contributed by atoms with E-state index in [9.17, 15) is 9.59 Å². The zero-order valence-corrected chi connectivity index (χ0v) is 14.7. The minimum Gasteiger partial charge on any atom is -0.486 e. The average molecular weight is 352 g/mol. The molecule has 0 aliphatic carbocycles. The van der Waals surface area contributed by atoms with Crippen LogP contribution in [-0.4, -0.2) is 30.1 Å². The van der Waals surface area contributed by atoms with Crippen molar-refractivity contribution in [2.45, 2.75) is 25.9 Å². The topological polar surface area (TPSA) is 67.9 Å². The molecule has 1 saturated heterocycles. The van der Waals surface area contributed by atoms with Crippen LogP contribution < -0.4 is 14.8 Å². The first-order valence-corrected chi connectivity index (χ1v) is 8.57. The van der Waals surface area contributed by atoms with Crippen molar-refractivity contribution in [2.75, 3.05) is 13.2 Å². The van der Waals surface area contributed by atoms with Gasteiger partial charge in [0.15, 0.2) is 11.5 Å². The van der Waals surface area contributed by atoms with Crippen molar-refractivity contribution < 1.29 is 19.1 Å². The number of imide groups is 1. The summed E-state index contributed by atoms with van der Waals surface area (Å²) >= 11 is 0. The van der Waals surface area contributed by atoms with Gasteiger partial charge in [0, 0.05) is 0 Å². The fraction of sp³-hybridized carbons (Fsp3) is 0.300. The number of hydrogen-bond donors (Lipinski definition) is 1. The van der Waals surface area contributed by atoms with E-state index in [2.05, 4.69) is 5.32 Å². The van der Waals surface area contributed by atoms with Gasteiger partial charge in [0.2, 0.25) is 0 Å². The highest BCUT2D eigenvalue weighted by Crippen LogP contribution is 2.37. The van der Waals surface area contributed by atoms with Crippen LogP contribution in [-0.2, 0) is 16.9 Å². The minimum atomic E-state index is -1.13. The number of nitrogens with one attached hydrogen (secondary N) is 1. The largest absolute Gasteiger partial charge is 0.486 e. The fourth-order valence-electron chi connectivity index (χ4n) is 3.27. The first-order chi connectivity index (χ1) is 12.5. The predicted molar refractivity (Wildman–Crippen MR) is 95.0 cm³/mol. The minimum absolute atomic E-state index is 0.241. The van der Waals surface area contributed by atoms with Crippen LogP contribution in [0.4, 0.5) is 4.79 Å². The maximum atomic E-state index is 13.0. The van der Waals surface area contributed by atoms with E-state index in [1.165, 1.54) is 4.90 Å². The van der Waals surface area contributed by atoms with E-state index in [4.69, 9.17) is 9.47 Å². The second kappa shape index (κ2) is 6.05. The number of ether oxygens (including phenoxy) is 2. The van der Waals surface area contributed by atoms with Gasteiger partial charge in [-0.25, -0.2) is 4.79 Å². The Balaban J connectivity index is 1.62. The van der Waals surface area contributed by atoms with E-state index < -0.39 is 11.6 Å². The Morgan fingerprint density at radius 3 is 2.46 bits per heavy atom. The summed E-state index contributed by atoms with van der Waals surface area (Å²) in [4.78, 5) is 26.8. The highest BCUT2D eigenvalue weighted by molar-refractivity contribution is 6.07. The monoisotopic (exact) mass is 352 g/mol. The molecule has 0 aromatic heterocycles. The molecule has 0 spiro atoms. The van der Waals surface area contributed by atoms with Crippen LogP contribution in [0.2, 0.25) is 0 Å². The summed E-state index contributed by atoms with van der Waals surface area (Å²) in [5, 5.41) is 2.83. The third-order valence-corrected chi connectivity index (χ3v) is 4.86.